The highest BCUT2D eigenvalue weighted by molar-refractivity contribution is 8.18. The van der Waals surface area contributed by atoms with Gasteiger partial charge in [0.1, 0.15) is 6.61 Å². The van der Waals surface area contributed by atoms with Crippen LogP contribution in [-0.2, 0) is 4.79 Å². The standard InChI is InChI=1S/C22H20N2O3S/c1-5-13-27-20-16(7-6-8-18(20)26-4)14-19-21(25)24(3)22(28-19)23-17-11-9-15(2)10-12-17/h1,6-12,14H,13H2,2-4H3/b19-14-,23-22?. The van der Waals surface area contributed by atoms with E-state index in [2.05, 4.69) is 10.9 Å². The Bertz CT molecular complexity index is 988. The average Bonchev–Trinajstić information content (AvgIpc) is 2.96. The van der Waals surface area contributed by atoms with E-state index in [9.17, 15) is 4.79 Å². The number of thioether (sulfide) groups is 1. The molecule has 1 saturated heterocycles. The van der Waals surface area contributed by atoms with Gasteiger partial charge in [-0.15, -0.1) is 6.42 Å². The number of hydrogen-bond donors (Lipinski definition) is 0. The molecule has 0 unspecified atom stereocenters. The van der Waals surface area contributed by atoms with Gasteiger partial charge in [-0.3, -0.25) is 9.69 Å². The van der Waals surface area contributed by atoms with Gasteiger partial charge in [0.2, 0.25) is 0 Å². The number of hydrogen-bond acceptors (Lipinski definition) is 5. The maximum absolute atomic E-state index is 12.7. The van der Waals surface area contributed by atoms with E-state index < -0.39 is 0 Å². The van der Waals surface area contributed by atoms with Crippen LogP contribution in [-0.4, -0.2) is 36.7 Å². The number of likely N-dealkylation sites (N-methyl/N-ethyl adjacent to an activating group) is 1. The van der Waals surface area contributed by atoms with E-state index in [1.54, 1.807) is 31.2 Å². The topological polar surface area (TPSA) is 51.1 Å². The Labute approximate surface area is 169 Å². The number of rotatable bonds is 5. The van der Waals surface area contributed by atoms with Gasteiger partial charge in [0.15, 0.2) is 16.7 Å². The molecule has 5 nitrogen and oxygen atoms in total. The van der Waals surface area contributed by atoms with Crippen molar-refractivity contribution in [3.63, 3.8) is 0 Å². The molecule has 2 aromatic rings. The Balaban J connectivity index is 1.94. The molecule has 0 radical (unpaired) electrons. The van der Waals surface area contributed by atoms with Crippen LogP contribution in [0.5, 0.6) is 11.5 Å². The van der Waals surface area contributed by atoms with Crippen LogP contribution in [0.2, 0.25) is 0 Å². The number of nitrogens with zero attached hydrogens (tertiary/aromatic N) is 2. The van der Waals surface area contributed by atoms with Gasteiger partial charge < -0.3 is 9.47 Å². The summed E-state index contributed by atoms with van der Waals surface area (Å²) in [6, 6.07) is 13.3. The monoisotopic (exact) mass is 392 g/mol. The Hall–Kier alpha value is -3.17. The van der Waals surface area contributed by atoms with E-state index in [4.69, 9.17) is 15.9 Å². The number of aliphatic imine (C=N–C) groups is 1. The number of amides is 1. The molecule has 0 bridgehead atoms. The number of terminal acetylenes is 1. The maximum atomic E-state index is 12.7. The van der Waals surface area contributed by atoms with Crippen LogP contribution in [0, 0.1) is 19.3 Å². The first-order valence-corrected chi connectivity index (χ1v) is 9.41. The van der Waals surface area contributed by atoms with E-state index in [1.165, 1.54) is 11.8 Å². The lowest BCUT2D eigenvalue weighted by molar-refractivity contribution is -0.121. The van der Waals surface area contributed by atoms with Crippen LogP contribution in [0.4, 0.5) is 5.69 Å². The number of methoxy groups -OCH3 is 1. The number of ether oxygens (including phenoxy) is 2. The molecule has 1 fully saturated rings. The Morgan fingerprint density at radius 3 is 2.68 bits per heavy atom. The predicted octanol–water partition coefficient (Wildman–Crippen LogP) is 4.25. The minimum absolute atomic E-state index is 0.109. The van der Waals surface area contributed by atoms with E-state index in [0.717, 1.165) is 16.8 Å². The third-order valence-electron chi connectivity index (χ3n) is 4.08. The molecule has 2 aromatic carbocycles. The normalized spacial score (nSPS) is 16.5. The van der Waals surface area contributed by atoms with Gasteiger partial charge in [0.25, 0.3) is 5.91 Å². The summed E-state index contributed by atoms with van der Waals surface area (Å²) in [6.07, 6.45) is 7.08. The molecule has 1 aliphatic rings. The van der Waals surface area contributed by atoms with Crippen molar-refractivity contribution in [1.29, 1.82) is 0 Å². The number of carbonyl (C=O) groups is 1. The third-order valence-corrected chi connectivity index (χ3v) is 5.14. The van der Waals surface area contributed by atoms with Crippen molar-refractivity contribution in [3.05, 3.63) is 58.5 Å². The molecule has 3 rings (SSSR count). The summed E-state index contributed by atoms with van der Waals surface area (Å²) in [5, 5.41) is 0.620. The molecule has 142 valence electrons. The van der Waals surface area contributed by atoms with Crippen molar-refractivity contribution >= 4 is 34.6 Å². The summed E-state index contributed by atoms with van der Waals surface area (Å²) >= 11 is 1.32. The largest absolute Gasteiger partial charge is 0.493 e. The fourth-order valence-electron chi connectivity index (χ4n) is 2.60. The molecule has 1 aliphatic heterocycles. The van der Waals surface area contributed by atoms with Crippen molar-refractivity contribution in [1.82, 2.24) is 4.90 Å². The summed E-state index contributed by atoms with van der Waals surface area (Å²) in [4.78, 5) is 19.4. The molecule has 1 heterocycles. The van der Waals surface area contributed by atoms with E-state index in [-0.39, 0.29) is 12.5 Å². The smallest absolute Gasteiger partial charge is 0.266 e. The highest BCUT2D eigenvalue weighted by atomic mass is 32.2. The zero-order chi connectivity index (χ0) is 20.1. The number of aryl methyl sites for hydroxylation is 1. The molecule has 0 N–H and O–H groups in total. The van der Waals surface area contributed by atoms with Crippen molar-refractivity contribution in [3.8, 4) is 23.8 Å². The van der Waals surface area contributed by atoms with Gasteiger partial charge >= 0.3 is 0 Å². The minimum Gasteiger partial charge on any atom is -0.493 e. The van der Waals surface area contributed by atoms with Crippen molar-refractivity contribution < 1.29 is 14.3 Å². The van der Waals surface area contributed by atoms with Gasteiger partial charge in [0, 0.05) is 12.6 Å². The van der Waals surface area contributed by atoms with Crippen LogP contribution >= 0.6 is 11.8 Å². The fourth-order valence-corrected chi connectivity index (χ4v) is 3.58. The second kappa shape index (κ2) is 8.68. The van der Waals surface area contributed by atoms with E-state index in [0.29, 0.717) is 21.6 Å². The van der Waals surface area contributed by atoms with Gasteiger partial charge in [0.05, 0.1) is 17.7 Å². The first-order chi connectivity index (χ1) is 13.5. The summed E-state index contributed by atoms with van der Waals surface area (Å²) in [7, 11) is 3.27. The molecule has 6 heteroatoms. The van der Waals surface area contributed by atoms with Crippen LogP contribution < -0.4 is 9.47 Å². The second-order valence-electron chi connectivity index (χ2n) is 6.08. The third kappa shape index (κ3) is 4.21. The van der Waals surface area contributed by atoms with Crippen LogP contribution in [0.1, 0.15) is 11.1 Å². The lowest BCUT2D eigenvalue weighted by Crippen LogP contribution is -2.23. The van der Waals surface area contributed by atoms with Gasteiger partial charge in [-0.1, -0.05) is 35.7 Å². The van der Waals surface area contributed by atoms with Crippen LogP contribution in [0.15, 0.2) is 52.4 Å². The molecule has 1 amide bonds. The molecule has 0 atom stereocenters. The SMILES string of the molecule is C#CCOc1c(/C=C2\SC(=Nc3ccc(C)cc3)N(C)C2=O)cccc1OC. The number of carbonyl (C=O) groups excluding carboxylic acids is 1. The Kier molecular flexibility index (Phi) is 6.07. The van der Waals surface area contributed by atoms with Crippen LogP contribution in [0.25, 0.3) is 6.08 Å². The Morgan fingerprint density at radius 1 is 1.25 bits per heavy atom. The highest BCUT2D eigenvalue weighted by Gasteiger charge is 2.30. The predicted molar refractivity (Wildman–Crippen MR) is 114 cm³/mol. The first kappa shape index (κ1) is 19.6. The molecule has 0 aromatic heterocycles. The lowest BCUT2D eigenvalue weighted by Gasteiger charge is -2.11. The minimum atomic E-state index is -0.124. The van der Waals surface area contributed by atoms with Gasteiger partial charge in [-0.2, -0.15) is 0 Å². The summed E-state index contributed by atoms with van der Waals surface area (Å²) in [6.45, 7) is 2.13. The summed E-state index contributed by atoms with van der Waals surface area (Å²) < 4.78 is 11.0. The molecule has 0 aliphatic carbocycles. The molecule has 0 spiro atoms. The summed E-state index contributed by atoms with van der Waals surface area (Å²) in [5.74, 6) is 3.39. The number of amidine groups is 1. The van der Waals surface area contributed by atoms with E-state index >= 15 is 0 Å². The first-order valence-electron chi connectivity index (χ1n) is 8.59. The molecule has 0 saturated carbocycles. The quantitative estimate of drug-likeness (QED) is 0.564. The summed E-state index contributed by atoms with van der Waals surface area (Å²) in [5.41, 5.74) is 2.68. The molecular weight excluding hydrogens is 372 g/mol. The van der Waals surface area contributed by atoms with E-state index in [1.807, 2.05) is 43.3 Å². The zero-order valence-corrected chi connectivity index (χ0v) is 16.7. The van der Waals surface area contributed by atoms with Crippen molar-refractivity contribution in [2.45, 2.75) is 6.92 Å². The fraction of sp³-hybridized carbons (Fsp3) is 0.182. The maximum Gasteiger partial charge on any atom is 0.266 e. The highest BCUT2D eigenvalue weighted by Crippen LogP contribution is 2.37. The molecule has 28 heavy (non-hydrogen) atoms. The van der Waals surface area contributed by atoms with Crippen molar-refractivity contribution in [2.24, 2.45) is 4.99 Å². The zero-order valence-electron chi connectivity index (χ0n) is 15.9. The second-order valence-corrected chi connectivity index (χ2v) is 7.09. The lowest BCUT2D eigenvalue weighted by atomic mass is 10.1. The average molecular weight is 392 g/mol. The Morgan fingerprint density at radius 2 is 2.00 bits per heavy atom. The van der Waals surface area contributed by atoms with Crippen molar-refractivity contribution in [2.75, 3.05) is 20.8 Å². The number of benzene rings is 2. The van der Waals surface area contributed by atoms with Crippen LogP contribution in [0.3, 0.4) is 0 Å². The van der Waals surface area contributed by atoms with Gasteiger partial charge in [-0.25, -0.2) is 4.99 Å². The molecular formula is C22H20N2O3S. The van der Waals surface area contributed by atoms with Gasteiger partial charge in [-0.05, 0) is 43.0 Å². The number of para-hydroxylation sites is 1.